The van der Waals surface area contributed by atoms with E-state index in [-0.39, 0.29) is 0 Å². The average Bonchev–Trinajstić information content (AvgIpc) is 2.69. The Balaban J connectivity index is 1.42. The fourth-order valence-electron chi connectivity index (χ4n) is 2.89. The third kappa shape index (κ3) is 3.40. The largest absolute Gasteiger partial charge is 0.352 e. The van der Waals surface area contributed by atoms with Crippen molar-refractivity contribution in [3.63, 3.8) is 0 Å². The Labute approximate surface area is 146 Å². The molecule has 0 N–H and O–H groups in total. The first-order valence-electron chi connectivity index (χ1n) is 8.33. The SMILES string of the molecule is Cc1ccnc(N2CCN(c3ccc(-c4ccncc4)nn3)CC2)n1. The Morgan fingerprint density at radius 3 is 2.24 bits per heavy atom. The zero-order valence-electron chi connectivity index (χ0n) is 14.1. The molecule has 25 heavy (non-hydrogen) atoms. The van der Waals surface area contributed by atoms with Gasteiger partial charge in [0.2, 0.25) is 5.95 Å². The third-order valence-electron chi connectivity index (χ3n) is 4.30. The topological polar surface area (TPSA) is 70.9 Å². The Bertz CT molecular complexity index is 828. The van der Waals surface area contributed by atoms with Crippen LogP contribution in [0.2, 0.25) is 0 Å². The van der Waals surface area contributed by atoms with E-state index in [1.165, 1.54) is 0 Å². The molecule has 3 aromatic rings. The van der Waals surface area contributed by atoms with Crippen LogP contribution in [0.3, 0.4) is 0 Å². The van der Waals surface area contributed by atoms with E-state index in [4.69, 9.17) is 0 Å². The van der Waals surface area contributed by atoms with Gasteiger partial charge in [-0.3, -0.25) is 4.98 Å². The summed E-state index contributed by atoms with van der Waals surface area (Å²) in [6, 6.07) is 9.82. The van der Waals surface area contributed by atoms with Gasteiger partial charge < -0.3 is 9.80 Å². The number of pyridine rings is 1. The second-order valence-electron chi connectivity index (χ2n) is 5.98. The lowest BCUT2D eigenvalue weighted by Crippen LogP contribution is -2.47. The molecule has 0 amide bonds. The second kappa shape index (κ2) is 6.80. The van der Waals surface area contributed by atoms with Crippen molar-refractivity contribution in [2.45, 2.75) is 6.92 Å². The maximum Gasteiger partial charge on any atom is 0.225 e. The fraction of sp³-hybridized carbons (Fsp3) is 0.278. The van der Waals surface area contributed by atoms with Gasteiger partial charge in [-0.1, -0.05) is 0 Å². The van der Waals surface area contributed by atoms with Crippen LogP contribution in [0.1, 0.15) is 5.69 Å². The van der Waals surface area contributed by atoms with E-state index in [2.05, 4.69) is 34.9 Å². The lowest BCUT2D eigenvalue weighted by atomic mass is 10.2. The maximum atomic E-state index is 4.50. The molecular weight excluding hydrogens is 314 g/mol. The number of aryl methyl sites for hydroxylation is 1. The van der Waals surface area contributed by atoms with E-state index < -0.39 is 0 Å². The smallest absolute Gasteiger partial charge is 0.225 e. The van der Waals surface area contributed by atoms with Gasteiger partial charge in [0.05, 0.1) is 5.69 Å². The lowest BCUT2D eigenvalue weighted by molar-refractivity contribution is 0.630. The van der Waals surface area contributed by atoms with Gasteiger partial charge in [0.25, 0.3) is 0 Å². The van der Waals surface area contributed by atoms with Crippen LogP contribution in [0.15, 0.2) is 48.9 Å². The molecule has 0 saturated carbocycles. The first-order valence-corrected chi connectivity index (χ1v) is 8.33. The van der Waals surface area contributed by atoms with Gasteiger partial charge in [-0.25, -0.2) is 9.97 Å². The highest BCUT2D eigenvalue weighted by Crippen LogP contribution is 2.19. The highest BCUT2D eigenvalue weighted by atomic mass is 15.3. The summed E-state index contributed by atoms with van der Waals surface area (Å²) < 4.78 is 0. The molecule has 0 spiro atoms. The molecular formula is C18H19N7. The van der Waals surface area contributed by atoms with Gasteiger partial charge in [-0.05, 0) is 37.3 Å². The summed E-state index contributed by atoms with van der Waals surface area (Å²) in [5, 5.41) is 8.75. The van der Waals surface area contributed by atoms with E-state index >= 15 is 0 Å². The normalized spacial score (nSPS) is 14.6. The van der Waals surface area contributed by atoms with Gasteiger partial charge in [0.1, 0.15) is 0 Å². The van der Waals surface area contributed by atoms with Crippen molar-refractivity contribution in [1.82, 2.24) is 25.1 Å². The molecule has 0 aliphatic carbocycles. The van der Waals surface area contributed by atoms with E-state index in [1.54, 1.807) is 12.4 Å². The molecule has 7 heteroatoms. The standard InChI is InChI=1S/C18H19N7/c1-14-4-9-20-18(21-14)25-12-10-24(11-13-25)17-3-2-16(22-23-17)15-5-7-19-8-6-15/h2-9H,10-13H2,1H3. The van der Waals surface area contributed by atoms with Crippen molar-refractivity contribution in [3.8, 4) is 11.3 Å². The maximum absolute atomic E-state index is 4.50. The average molecular weight is 333 g/mol. The summed E-state index contributed by atoms with van der Waals surface area (Å²) in [4.78, 5) is 17.4. The summed E-state index contributed by atoms with van der Waals surface area (Å²) in [6.07, 6.45) is 5.34. The number of aromatic nitrogens is 5. The first-order chi connectivity index (χ1) is 12.3. The van der Waals surface area contributed by atoms with Crippen LogP contribution in [0.4, 0.5) is 11.8 Å². The molecule has 1 saturated heterocycles. The summed E-state index contributed by atoms with van der Waals surface area (Å²) in [7, 11) is 0. The van der Waals surface area contributed by atoms with E-state index in [9.17, 15) is 0 Å². The molecule has 0 atom stereocenters. The molecule has 1 aliphatic rings. The molecule has 4 rings (SSSR count). The molecule has 7 nitrogen and oxygen atoms in total. The molecule has 126 valence electrons. The lowest BCUT2D eigenvalue weighted by Gasteiger charge is -2.35. The summed E-state index contributed by atoms with van der Waals surface area (Å²) in [5.74, 6) is 1.71. The van der Waals surface area contributed by atoms with Crippen LogP contribution in [-0.2, 0) is 0 Å². The fourth-order valence-corrected chi connectivity index (χ4v) is 2.89. The number of anilines is 2. The Kier molecular flexibility index (Phi) is 4.20. The minimum absolute atomic E-state index is 0.804. The van der Waals surface area contributed by atoms with Crippen LogP contribution in [0.5, 0.6) is 0 Å². The number of hydrogen-bond acceptors (Lipinski definition) is 7. The number of piperazine rings is 1. The minimum atomic E-state index is 0.804. The van der Waals surface area contributed by atoms with Gasteiger partial charge in [-0.2, -0.15) is 0 Å². The Hall–Kier alpha value is -3.09. The number of nitrogens with zero attached hydrogens (tertiary/aromatic N) is 7. The van der Waals surface area contributed by atoms with Crippen molar-refractivity contribution in [2.24, 2.45) is 0 Å². The third-order valence-corrected chi connectivity index (χ3v) is 4.30. The van der Waals surface area contributed by atoms with Gasteiger partial charge in [0, 0.05) is 56.0 Å². The van der Waals surface area contributed by atoms with Crippen LogP contribution in [0, 0.1) is 6.92 Å². The molecule has 1 aliphatic heterocycles. The highest BCUT2D eigenvalue weighted by molar-refractivity contribution is 5.59. The van der Waals surface area contributed by atoms with E-state index in [0.717, 1.165) is 54.9 Å². The van der Waals surface area contributed by atoms with Crippen molar-refractivity contribution >= 4 is 11.8 Å². The summed E-state index contributed by atoms with van der Waals surface area (Å²) in [5.41, 5.74) is 2.87. The van der Waals surface area contributed by atoms with Crippen molar-refractivity contribution in [3.05, 3.63) is 54.6 Å². The van der Waals surface area contributed by atoms with Crippen molar-refractivity contribution < 1.29 is 0 Å². The predicted octanol–water partition coefficient (Wildman–Crippen LogP) is 1.96. The number of rotatable bonds is 3. The quantitative estimate of drug-likeness (QED) is 0.725. The molecule has 0 radical (unpaired) electrons. The molecule has 0 bridgehead atoms. The zero-order chi connectivity index (χ0) is 17.1. The zero-order valence-corrected chi connectivity index (χ0v) is 14.1. The molecule has 1 fully saturated rings. The predicted molar refractivity (Wildman–Crippen MR) is 96.5 cm³/mol. The Morgan fingerprint density at radius 2 is 1.56 bits per heavy atom. The van der Waals surface area contributed by atoms with Crippen LogP contribution in [0.25, 0.3) is 11.3 Å². The molecule has 0 unspecified atom stereocenters. The Morgan fingerprint density at radius 1 is 0.800 bits per heavy atom. The highest BCUT2D eigenvalue weighted by Gasteiger charge is 2.20. The second-order valence-corrected chi connectivity index (χ2v) is 5.98. The number of hydrogen-bond donors (Lipinski definition) is 0. The van der Waals surface area contributed by atoms with Gasteiger partial charge in [-0.15, -0.1) is 10.2 Å². The van der Waals surface area contributed by atoms with E-state index in [0.29, 0.717) is 0 Å². The molecule has 3 aromatic heterocycles. The van der Waals surface area contributed by atoms with Crippen LogP contribution < -0.4 is 9.80 Å². The van der Waals surface area contributed by atoms with Gasteiger partial charge in [0.15, 0.2) is 5.82 Å². The summed E-state index contributed by atoms with van der Waals surface area (Å²) >= 11 is 0. The van der Waals surface area contributed by atoms with E-state index in [1.807, 2.05) is 43.5 Å². The molecule has 4 heterocycles. The van der Waals surface area contributed by atoms with Crippen LogP contribution >= 0.6 is 0 Å². The van der Waals surface area contributed by atoms with Crippen molar-refractivity contribution in [1.29, 1.82) is 0 Å². The summed E-state index contributed by atoms with van der Waals surface area (Å²) in [6.45, 7) is 5.48. The van der Waals surface area contributed by atoms with Crippen LogP contribution in [-0.4, -0.2) is 51.3 Å². The monoisotopic (exact) mass is 333 g/mol. The first kappa shape index (κ1) is 15.4. The van der Waals surface area contributed by atoms with Gasteiger partial charge >= 0.3 is 0 Å². The minimum Gasteiger partial charge on any atom is -0.352 e. The molecule has 0 aromatic carbocycles. The van der Waals surface area contributed by atoms with Crippen molar-refractivity contribution in [2.75, 3.05) is 36.0 Å².